The fraction of sp³-hybridized carbons (Fsp3) is 0.375. The van der Waals surface area contributed by atoms with Crippen LogP contribution in [0.5, 0.6) is 0 Å². The Hall–Kier alpha value is -3.06. The number of aromatic nitrogens is 2. The number of fused-ring (bicyclic) bond motifs is 3. The van der Waals surface area contributed by atoms with Crippen molar-refractivity contribution in [2.24, 2.45) is 5.41 Å². The molecule has 2 amide bonds. The lowest BCUT2D eigenvalue weighted by Gasteiger charge is -2.50. The number of pyridine rings is 1. The van der Waals surface area contributed by atoms with Gasteiger partial charge in [0.1, 0.15) is 0 Å². The van der Waals surface area contributed by atoms with Crippen LogP contribution in [-0.4, -0.2) is 40.0 Å². The number of aromatic amines is 1. The third-order valence-corrected chi connectivity index (χ3v) is 6.95. The Bertz CT molecular complexity index is 1170. The van der Waals surface area contributed by atoms with Crippen molar-refractivity contribution in [1.82, 2.24) is 14.9 Å². The first-order valence-corrected chi connectivity index (χ1v) is 11.4. The van der Waals surface area contributed by atoms with Gasteiger partial charge in [0, 0.05) is 34.4 Å². The molecule has 7 nitrogen and oxygen atoms in total. The number of benzene rings is 1. The largest absolute Gasteiger partial charge is 0.465 e. The van der Waals surface area contributed by atoms with E-state index in [2.05, 4.69) is 15.3 Å². The molecule has 0 saturated heterocycles. The molecule has 1 aliphatic carbocycles. The van der Waals surface area contributed by atoms with Crippen molar-refractivity contribution >= 4 is 40.2 Å². The summed E-state index contributed by atoms with van der Waals surface area (Å²) in [7, 11) is 0. The van der Waals surface area contributed by atoms with Crippen LogP contribution >= 0.6 is 11.6 Å². The third kappa shape index (κ3) is 3.32. The average Bonchev–Trinajstić information content (AvgIpc) is 3.12. The zero-order valence-electron chi connectivity index (χ0n) is 17.9. The van der Waals surface area contributed by atoms with Crippen LogP contribution in [0.25, 0.3) is 10.9 Å². The normalized spacial score (nSPS) is 19.2. The minimum Gasteiger partial charge on any atom is -0.465 e. The number of halogens is 1. The van der Waals surface area contributed by atoms with E-state index in [9.17, 15) is 9.59 Å². The van der Waals surface area contributed by atoms with E-state index in [1.807, 2.05) is 25.1 Å². The highest BCUT2D eigenvalue weighted by Gasteiger charge is 2.57. The molecule has 2 aromatic heterocycles. The second-order valence-electron chi connectivity index (χ2n) is 8.46. The molecule has 5 rings (SSSR count). The number of anilines is 1. The van der Waals surface area contributed by atoms with Gasteiger partial charge in [0.15, 0.2) is 0 Å². The van der Waals surface area contributed by atoms with E-state index in [-0.39, 0.29) is 12.0 Å². The summed E-state index contributed by atoms with van der Waals surface area (Å²) in [4.78, 5) is 36.0. The molecule has 0 radical (unpaired) electrons. The minimum absolute atomic E-state index is 0.236. The predicted molar refractivity (Wildman–Crippen MR) is 123 cm³/mol. The molecule has 1 atom stereocenters. The number of rotatable bonds is 4. The van der Waals surface area contributed by atoms with Crippen LogP contribution in [0.1, 0.15) is 43.5 Å². The minimum atomic E-state index is -0.762. The van der Waals surface area contributed by atoms with Crippen LogP contribution in [0.3, 0.4) is 0 Å². The lowest BCUT2D eigenvalue weighted by molar-refractivity contribution is -0.167. The third-order valence-electron chi connectivity index (χ3n) is 6.71. The summed E-state index contributed by atoms with van der Waals surface area (Å²) in [5, 5.41) is 4.65. The maximum atomic E-state index is 13.4. The fourth-order valence-corrected chi connectivity index (χ4v) is 5.28. The Labute approximate surface area is 191 Å². The smallest absolute Gasteiger partial charge is 0.322 e. The average molecular weight is 453 g/mol. The van der Waals surface area contributed by atoms with E-state index in [4.69, 9.17) is 16.3 Å². The van der Waals surface area contributed by atoms with Gasteiger partial charge in [-0.3, -0.25) is 9.78 Å². The Morgan fingerprint density at radius 1 is 1.34 bits per heavy atom. The van der Waals surface area contributed by atoms with Gasteiger partial charge in [0.2, 0.25) is 0 Å². The highest BCUT2D eigenvalue weighted by molar-refractivity contribution is 6.31. The summed E-state index contributed by atoms with van der Waals surface area (Å²) < 4.78 is 5.51. The zero-order valence-corrected chi connectivity index (χ0v) is 18.6. The van der Waals surface area contributed by atoms with Gasteiger partial charge in [-0.2, -0.15) is 0 Å². The number of ether oxygens (including phenoxy) is 1. The van der Waals surface area contributed by atoms with Crippen LogP contribution in [0.4, 0.5) is 10.5 Å². The van der Waals surface area contributed by atoms with Crippen molar-refractivity contribution in [3.63, 3.8) is 0 Å². The van der Waals surface area contributed by atoms with Crippen LogP contribution < -0.4 is 5.32 Å². The molecule has 32 heavy (non-hydrogen) atoms. The molecule has 1 unspecified atom stereocenters. The lowest BCUT2D eigenvalue weighted by atomic mass is 9.61. The molecule has 2 N–H and O–H groups in total. The topological polar surface area (TPSA) is 87.3 Å². The Morgan fingerprint density at radius 3 is 2.88 bits per heavy atom. The number of hydrogen-bond acceptors (Lipinski definition) is 4. The number of esters is 1. The molecule has 1 aliphatic heterocycles. The van der Waals surface area contributed by atoms with Gasteiger partial charge in [0.25, 0.3) is 0 Å². The molecule has 0 spiro atoms. The number of hydrogen-bond donors (Lipinski definition) is 2. The highest BCUT2D eigenvalue weighted by atomic mass is 35.5. The molecule has 3 aromatic rings. The van der Waals surface area contributed by atoms with Crippen molar-refractivity contribution in [2.45, 2.75) is 38.6 Å². The first-order valence-electron chi connectivity index (χ1n) is 11.0. The summed E-state index contributed by atoms with van der Waals surface area (Å²) in [5.74, 6) is -0.236. The van der Waals surface area contributed by atoms with E-state index in [0.29, 0.717) is 43.1 Å². The molecule has 166 valence electrons. The second kappa shape index (κ2) is 8.13. The van der Waals surface area contributed by atoms with Gasteiger partial charge < -0.3 is 19.9 Å². The SMILES string of the molecule is CCOC(=O)C1(C2c3[nH]c4ccc(Cl)cc4c3CCN2C(=O)Nc2cccnc2)CCC1. The summed E-state index contributed by atoms with van der Waals surface area (Å²) in [6.45, 7) is 2.61. The molecule has 1 fully saturated rings. The first-order chi connectivity index (χ1) is 15.5. The van der Waals surface area contributed by atoms with E-state index in [1.165, 1.54) is 0 Å². The zero-order chi connectivity index (χ0) is 22.3. The van der Waals surface area contributed by atoms with Crippen LogP contribution in [0, 0.1) is 5.41 Å². The number of nitrogens with zero attached hydrogens (tertiary/aromatic N) is 2. The number of nitrogens with one attached hydrogen (secondary N) is 2. The number of urea groups is 1. The van der Waals surface area contributed by atoms with Gasteiger partial charge in [0.05, 0.1) is 29.9 Å². The summed E-state index contributed by atoms with van der Waals surface area (Å²) in [5.41, 5.74) is 2.83. The highest BCUT2D eigenvalue weighted by Crippen LogP contribution is 2.56. The second-order valence-corrected chi connectivity index (χ2v) is 8.89. The van der Waals surface area contributed by atoms with E-state index >= 15 is 0 Å². The molecular weight excluding hydrogens is 428 g/mol. The first kappa shape index (κ1) is 20.8. The molecule has 2 aliphatic rings. The summed E-state index contributed by atoms with van der Waals surface area (Å²) >= 11 is 6.28. The Balaban J connectivity index is 1.60. The summed E-state index contributed by atoms with van der Waals surface area (Å²) in [6.07, 6.45) is 6.23. The van der Waals surface area contributed by atoms with E-state index in [1.54, 1.807) is 29.4 Å². The van der Waals surface area contributed by atoms with Crippen LogP contribution in [0.15, 0.2) is 42.7 Å². The molecule has 0 bridgehead atoms. The standard InChI is InChI=1S/C24H25ClN4O3/c1-2-32-22(30)24(9-4-10-24)21-20-17(18-13-15(25)6-7-19(18)28-20)8-12-29(21)23(31)27-16-5-3-11-26-14-16/h3,5-7,11,13-14,21,28H,2,4,8-10,12H2,1H3,(H,27,31). The van der Waals surface area contributed by atoms with Crippen molar-refractivity contribution < 1.29 is 14.3 Å². The van der Waals surface area contributed by atoms with Crippen molar-refractivity contribution in [3.05, 3.63) is 59.0 Å². The molecule has 8 heteroatoms. The fourth-order valence-electron chi connectivity index (χ4n) is 5.11. The molecular formula is C24H25ClN4O3. The van der Waals surface area contributed by atoms with Gasteiger partial charge in [-0.05, 0) is 62.1 Å². The quantitative estimate of drug-likeness (QED) is 0.540. The van der Waals surface area contributed by atoms with Gasteiger partial charge in [-0.25, -0.2) is 4.79 Å². The van der Waals surface area contributed by atoms with Crippen molar-refractivity contribution in [2.75, 3.05) is 18.5 Å². The van der Waals surface area contributed by atoms with E-state index < -0.39 is 11.5 Å². The monoisotopic (exact) mass is 452 g/mol. The Morgan fingerprint density at radius 2 is 2.19 bits per heavy atom. The van der Waals surface area contributed by atoms with Crippen molar-refractivity contribution in [3.8, 4) is 0 Å². The van der Waals surface area contributed by atoms with Gasteiger partial charge in [-0.1, -0.05) is 18.0 Å². The maximum absolute atomic E-state index is 13.4. The Kier molecular flexibility index (Phi) is 5.29. The van der Waals surface area contributed by atoms with Crippen LogP contribution in [0.2, 0.25) is 5.02 Å². The van der Waals surface area contributed by atoms with Gasteiger partial charge in [-0.15, -0.1) is 0 Å². The molecule has 3 heterocycles. The van der Waals surface area contributed by atoms with Crippen molar-refractivity contribution in [1.29, 1.82) is 0 Å². The van der Waals surface area contributed by atoms with E-state index in [0.717, 1.165) is 28.6 Å². The lowest BCUT2D eigenvalue weighted by Crippen LogP contribution is -2.55. The number of carbonyl (C=O) groups excluding carboxylic acids is 2. The summed E-state index contributed by atoms with van der Waals surface area (Å²) in [6, 6.07) is 8.62. The van der Waals surface area contributed by atoms with Crippen LogP contribution in [-0.2, 0) is 16.0 Å². The number of H-pyrrole nitrogens is 1. The molecule has 1 saturated carbocycles. The number of amides is 2. The predicted octanol–water partition coefficient (Wildman–Crippen LogP) is 5.08. The number of carbonyl (C=O) groups is 2. The molecule has 1 aromatic carbocycles. The van der Waals surface area contributed by atoms with Gasteiger partial charge >= 0.3 is 12.0 Å². The maximum Gasteiger partial charge on any atom is 0.322 e.